The van der Waals surface area contributed by atoms with E-state index >= 15 is 4.39 Å². The summed E-state index contributed by atoms with van der Waals surface area (Å²) in [4.78, 5) is 43.0. The van der Waals surface area contributed by atoms with Gasteiger partial charge in [-0.15, -0.1) is 0 Å². The van der Waals surface area contributed by atoms with Gasteiger partial charge in [0.25, 0.3) is 0 Å². The van der Waals surface area contributed by atoms with Crippen molar-refractivity contribution >= 4 is 46.6 Å². The molecule has 2 aliphatic heterocycles. The third-order valence-electron chi connectivity index (χ3n) is 7.83. The van der Waals surface area contributed by atoms with Crippen molar-refractivity contribution in [2.24, 2.45) is 5.41 Å². The van der Waals surface area contributed by atoms with Gasteiger partial charge in [-0.3, -0.25) is 14.4 Å². The minimum absolute atomic E-state index is 0.0334. The van der Waals surface area contributed by atoms with E-state index < -0.39 is 70.9 Å². The van der Waals surface area contributed by atoms with Crippen LogP contribution in [0, 0.1) is 17.0 Å². The number of hydrogen-bond acceptors (Lipinski definition) is 5. The molecular weight excluding hydrogens is 579 g/mol. The van der Waals surface area contributed by atoms with Gasteiger partial charge in [0.2, 0.25) is 17.7 Å². The molecule has 4 N–H and O–H groups in total. The minimum atomic E-state index is -1.69. The molecule has 41 heavy (non-hydrogen) atoms. The largest absolute Gasteiger partial charge is 0.394 e. The molecule has 2 heterocycles. The first-order chi connectivity index (χ1) is 19.1. The molecule has 12 heteroatoms. The highest BCUT2D eigenvalue weighted by Gasteiger charge is 2.69. The van der Waals surface area contributed by atoms with E-state index in [1.54, 1.807) is 0 Å². The van der Waals surface area contributed by atoms with Crippen molar-refractivity contribution in [3.8, 4) is 0 Å². The molecule has 2 aromatic carbocycles. The summed E-state index contributed by atoms with van der Waals surface area (Å²) in [6, 6.07) is 4.04. The van der Waals surface area contributed by atoms with Crippen LogP contribution in [-0.4, -0.2) is 64.2 Å². The number of nitrogens with one attached hydrogen (secondary N) is 2. The number of benzene rings is 2. The predicted octanol–water partition coefficient (Wildman–Crippen LogP) is 4.14. The first kappa shape index (κ1) is 31.2. The highest BCUT2D eigenvalue weighted by molar-refractivity contribution is 6.31. The predicted molar refractivity (Wildman–Crippen MR) is 151 cm³/mol. The summed E-state index contributed by atoms with van der Waals surface area (Å²) in [7, 11) is 0. The highest BCUT2D eigenvalue weighted by Crippen LogP contribution is 2.60. The lowest BCUT2D eigenvalue weighted by Crippen LogP contribution is -2.52. The van der Waals surface area contributed by atoms with Crippen molar-refractivity contribution in [1.29, 1.82) is 0 Å². The van der Waals surface area contributed by atoms with Crippen LogP contribution in [0.15, 0.2) is 30.3 Å². The maximum Gasteiger partial charge on any atom is 0.243 e. The van der Waals surface area contributed by atoms with Gasteiger partial charge in [0.15, 0.2) is 0 Å². The van der Waals surface area contributed by atoms with Crippen LogP contribution in [0.3, 0.4) is 0 Å². The maximum absolute atomic E-state index is 15.1. The summed E-state index contributed by atoms with van der Waals surface area (Å²) in [6.45, 7) is 6.50. The summed E-state index contributed by atoms with van der Waals surface area (Å²) in [5.74, 6) is -4.33. The van der Waals surface area contributed by atoms with E-state index in [1.165, 1.54) is 30.0 Å². The summed E-state index contributed by atoms with van der Waals surface area (Å²) in [5.41, 5.74) is -1.39. The van der Waals surface area contributed by atoms with Crippen molar-refractivity contribution in [2.45, 2.75) is 70.1 Å². The second kappa shape index (κ2) is 11.5. The van der Waals surface area contributed by atoms with Gasteiger partial charge in [0.1, 0.15) is 23.1 Å². The van der Waals surface area contributed by atoms with Crippen LogP contribution in [-0.2, 0) is 19.8 Å². The second-order valence-corrected chi connectivity index (χ2v) is 12.7. The van der Waals surface area contributed by atoms with E-state index in [9.17, 15) is 23.9 Å². The van der Waals surface area contributed by atoms with Gasteiger partial charge in [0.05, 0.1) is 28.8 Å². The quantitative estimate of drug-likeness (QED) is 0.375. The third-order valence-corrected chi connectivity index (χ3v) is 8.40. The van der Waals surface area contributed by atoms with Gasteiger partial charge in [-0.05, 0) is 53.6 Å². The number of fused-ring (bicyclic) bond motifs is 2. The SMILES string of the molecule is CC(=O)N1[C@@H](C(=O)NCC[C@H](O)CO)[C@H](c2ccc(F)c(Cl)c2)[C@@]2(C(=O)Nc3cc(Cl)c(F)cc32)[C@H]1CC(C)(C)C. The van der Waals surface area contributed by atoms with E-state index in [0.717, 1.165) is 12.1 Å². The molecule has 0 unspecified atom stereocenters. The van der Waals surface area contributed by atoms with Crippen LogP contribution in [0.4, 0.5) is 14.5 Å². The van der Waals surface area contributed by atoms with Crippen molar-refractivity contribution < 1.29 is 33.4 Å². The van der Waals surface area contributed by atoms with Crippen molar-refractivity contribution in [1.82, 2.24) is 10.2 Å². The number of halogens is 4. The lowest BCUT2D eigenvalue weighted by molar-refractivity contribution is -0.140. The number of nitrogens with zero attached hydrogens (tertiary/aromatic N) is 1. The lowest BCUT2D eigenvalue weighted by Gasteiger charge is -2.39. The van der Waals surface area contributed by atoms with Crippen LogP contribution in [0.5, 0.6) is 0 Å². The van der Waals surface area contributed by atoms with E-state index in [4.69, 9.17) is 28.3 Å². The molecule has 0 bridgehead atoms. The molecule has 2 aromatic rings. The molecule has 222 valence electrons. The number of aliphatic hydroxyl groups excluding tert-OH is 2. The van der Waals surface area contributed by atoms with Crippen LogP contribution < -0.4 is 10.6 Å². The Morgan fingerprint density at radius 3 is 2.39 bits per heavy atom. The van der Waals surface area contributed by atoms with E-state index in [0.29, 0.717) is 5.56 Å². The molecule has 0 saturated carbocycles. The summed E-state index contributed by atoms with van der Waals surface area (Å²) in [6.07, 6.45) is -0.803. The Balaban J connectivity index is 2.03. The number of aliphatic hydroxyl groups is 2. The highest BCUT2D eigenvalue weighted by atomic mass is 35.5. The van der Waals surface area contributed by atoms with Crippen LogP contribution in [0.2, 0.25) is 10.0 Å². The molecule has 0 radical (unpaired) electrons. The molecule has 0 aromatic heterocycles. The van der Waals surface area contributed by atoms with Gasteiger partial charge in [-0.1, -0.05) is 50.0 Å². The summed E-state index contributed by atoms with van der Waals surface area (Å²) < 4.78 is 29.4. The Morgan fingerprint density at radius 2 is 1.80 bits per heavy atom. The fourth-order valence-corrected chi connectivity index (χ4v) is 6.60. The van der Waals surface area contributed by atoms with Crippen LogP contribution >= 0.6 is 23.2 Å². The lowest BCUT2D eigenvalue weighted by atomic mass is 9.62. The fourth-order valence-electron chi connectivity index (χ4n) is 6.25. The monoisotopic (exact) mass is 611 g/mol. The summed E-state index contributed by atoms with van der Waals surface area (Å²) >= 11 is 12.3. The Hall–Kier alpha value is -2.79. The zero-order chi connectivity index (χ0) is 30.4. The zero-order valence-electron chi connectivity index (χ0n) is 23.1. The Morgan fingerprint density at radius 1 is 1.15 bits per heavy atom. The Labute approximate surface area is 247 Å². The number of carbonyl (C=O) groups is 3. The van der Waals surface area contributed by atoms with Crippen molar-refractivity contribution in [3.63, 3.8) is 0 Å². The topological polar surface area (TPSA) is 119 Å². The van der Waals surface area contributed by atoms with Crippen LogP contribution in [0.1, 0.15) is 57.6 Å². The van der Waals surface area contributed by atoms with Gasteiger partial charge >= 0.3 is 0 Å². The first-order valence-electron chi connectivity index (χ1n) is 13.2. The maximum atomic E-state index is 15.1. The average molecular weight is 613 g/mol. The molecule has 1 saturated heterocycles. The van der Waals surface area contributed by atoms with E-state index in [2.05, 4.69) is 10.6 Å². The molecule has 5 atom stereocenters. The standard InChI is InChI=1S/C29H33Cl2F2N3O5/c1-14(38)36-23(12-28(2,3)4)29(17-10-21(33)19(31)11-22(17)35-27(29)41)24(15-5-6-20(32)18(30)9-15)25(36)26(40)34-8-7-16(39)13-37/h5-6,9-11,16,23-25,37,39H,7-8,12-13H2,1-4H3,(H,34,40)(H,35,41)/t16-,23+,24-,25+,29-/m0/s1. The molecule has 3 amide bonds. The van der Waals surface area contributed by atoms with Gasteiger partial charge < -0.3 is 25.7 Å². The number of rotatable bonds is 7. The summed E-state index contributed by atoms with van der Waals surface area (Å²) in [5, 5.41) is 24.0. The van der Waals surface area contributed by atoms with Crippen molar-refractivity contribution in [3.05, 3.63) is 63.1 Å². The number of likely N-dealkylation sites (tertiary alicyclic amines) is 1. The first-order valence-corrected chi connectivity index (χ1v) is 14.0. The molecule has 2 aliphatic rings. The number of carbonyl (C=O) groups excluding carboxylic acids is 3. The van der Waals surface area contributed by atoms with Gasteiger partial charge in [0, 0.05) is 25.1 Å². The minimum Gasteiger partial charge on any atom is -0.394 e. The molecule has 0 aliphatic carbocycles. The Kier molecular flexibility index (Phi) is 8.72. The average Bonchev–Trinajstić information content (AvgIpc) is 3.32. The molecule has 1 spiro atoms. The van der Waals surface area contributed by atoms with Gasteiger partial charge in [-0.2, -0.15) is 0 Å². The smallest absolute Gasteiger partial charge is 0.243 e. The Bertz CT molecular complexity index is 1380. The molecule has 4 rings (SSSR count). The molecule has 8 nitrogen and oxygen atoms in total. The van der Waals surface area contributed by atoms with Gasteiger partial charge in [-0.25, -0.2) is 8.78 Å². The number of amides is 3. The number of hydrogen-bond donors (Lipinski definition) is 4. The zero-order valence-corrected chi connectivity index (χ0v) is 24.6. The number of anilines is 1. The van der Waals surface area contributed by atoms with E-state index in [-0.39, 0.29) is 40.7 Å². The fraction of sp³-hybridized carbons (Fsp3) is 0.483. The van der Waals surface area contributed by atoms with Crippen molar-refractivity contribution in [2.75, 3.05) is 18.5 Å². The third kappa shape index (κ3) is 5.55. The van der Waals surface area contributed by atoms with Crippen LogP contribution in [0.25, 0.3) is 0 Å². The second-order valence-electron chi connectivity index (χ2n) is 11.9. The molecular formula is C29H33Cl2F2N3O5. The normalized spacial score (nSPS) is 24.4. The molecule has 1 fully saturated rings. The van der Waals surface area contributed by atoms with E-state index in [1.807, 2.05) is 20.8 Å².